The Morgan fingerprint density at radius 1 is 1.22 bits per heavy atom. The van der Waals surface area contributed by atoms with Gasteiger partial charge in [0.1, 0.15) is 11.6 Å². The molecule has 1 amide bonds. The number of halogens is 1. The zero-order valence-corrected chi connectivity index (χ0v) is 19.8. The number of aromatic nitrogens is 3. The van der Waals surface area contributed by atoms with Crippen LogP contribution in [0.1, 0.15) is 23.2 Å². The van der Waals surface area contributed by atoms with Crippen LogP contribution in [0.25, 0.3) is 28.2 Å². The third kappa shape index (κ3) is 4.52. The first-order valence-corrected chi connectivity index (χ1v) is 11.6. The number of carboxylic acid groups (broad SMARTS) is 1. The molecule has 3 N–H and O–H groups in total. The van der Waals surface area contributed by atoms with E-state index in [-0.39, 0.29) is 12.4 Å². The summed E-state index contributed by atoms with van der Waals surface area (Å²) in [5, 5.41) is 15.0. The van der Waals surface area contributed by atoms with Crippen molar-refractivity contribution in [1.82, 2.24) is 19.7 Å². The molecule has 0 unspecified atom stereocenters. The second-order valence-electron chi connectivity index (χ2n) is 8.72. The predicted octanol–water partition coefficient (Wildman–Crippen LogP) is 4.52. The minimum atomic E-state index is -0.939. The SMILES string of the molecule is COc1ccc(Cn2nc(/C=C3/CCN(C(=O)O)C3)c3c(-c4ccc(CN)c(F)c4)ccnc32)cc1. The van der Waals surface area contributed by atoms with Crippen molar-refractivity contribution in [2.45, 2.75) is 19.5 Å². The molecule has 0 bridgehead atoms. The largest absolute Gasteiger partial charge is 0.497 e. The minimum absolute atomic E-state index is 0.120. The van der Waals surface area contributed by atoms with Gasteiger partial charge in [0.2, 0.25) is 0 Å². The number of likely N-dealkylation sites (tertiary alicyclic amines) is 1. The van der Waals surface area contributed by atoms with Crippen LogP contribution in [0, 0.1) is 5.82 Å². The lowest BCUT2D eigenvalue weighted by atomic mass is 9.99. The average molecular weight is 488 g/mol. The molecule has 1 aliphatic heterocycles. The molecule has 5 rings (SSSR count). The number of rotatable bonds is 6. The quantitative estimate of drug-likeness (QED) is 0.414. The molecule has 184 valence electrons. The second kappa shape index (κ2) is 9.79. The molecule has 0 radical (unpaired) electrons. The van der Waals surface area contributed by atoms with E-state index in [2.05, 4.69) is 4.98 Å². The second-order valence-corrected chi connectivity index (χ2v) is 8.72. The molecule has 4 aromatic rings. The number of benzene rings is 2. The molecule has 0 saturated carbocycles. The van der Waals surface area contributed by atoms with Gasteiger partial charge in [-0.25, -0.2) is 18.9 Å². The molecule has 8 nitrogen and oxygen atoms in total. The molecular weight excluding hydrogens is 461 g/mol. The van der Waals surface area contributed by atoms with Crippen LogP contribution >= 0.6 is 0 Å². The average Bonchev–Trinajstić information content (AvgIpc) is 3.50. The first-order chi connectivity index (χ1) is 17.5. The Morgan fingerprint density at radius 2 is 2.03 bits per heavy atom. The van der Waals surface area contributed by atoms with E-state index in [0.717, 1.165) is 27.8 Å². The first kappa shape index (κ1) is 23.5. The van der Waals surface area contributed by atoms with Crippen LogP contribution in [0.15, 0.2) is 60.3 Å². The fourth-order valence-electron chi connectivity index (χ4n) is 4.52. The smallest absolute Gasteiger partial charge is 0.407 e. The van der Waals surface area contributed by atoms with Gasteiger partial charge >= 0.3 is 6.09 Å². The van der Waals surface area contributed by atoms with E-state index in [4.69, 9.17) is 15.6 Å². The van der Waals surface area contributed by atoms with E-state index in [1.807, 2.05) is 47.2 Å². The predicted molar refractivity (Wildman–Crippen MR) is 135 cm³/mol. The summed E-state index contributed by atoms with van der Waals surface area (Å²) in [6.45, 7) is 1.37. The van der Waals surface area contributed by atoms with Crippen LogP contribution in [0.5, 0.6) is 5.75 Å². The highest BCUT2D eigenvalue weighted by Crippen LogP contribution is 2.33. The van der Waals surface area contributed by atoms with Crippen LogP contribution in [0.2, 0.25) is 0 Å². The van der Waals surface area contributed by atoms with Crippen LogP contribution in [0.4, 0.5) is 9.18 Å². The molecule has 1 aliphatic rings. The maximum Gasteiger partial charge on any atom is 0.407 e. The number of pyridine rings is 1. The number of nitrogens with two attached hydrogens (primary N) is 1. The van der Waals surface area contributed by atoms with E-state index >= 15 is 0 Å². The van der Waals surface area contributed by atoms with Gasteiger partial charge in [0.25, 0.3) is 0 Å². The molecule has 9 heteroatoms. The van der Waals surface area contributed by atoms with Gasteiger partial charge in [-0.15, -0.1) is 0 Å². The molecule has 2 aromatic carbocycles. The molecule has 0 aliphatic carbocycles. The van der Waals surface area contributed by atoms with Gasteiger partial charge in [-0.2, -0.15) is 5.10 Å². The summed E-state index contributed by atoms with van der Waals surface area (Å²) in [5.74, 6) is 0.403. The Labute approximate surface area is 207 Å². The van der Waals surface area contributed by atoms with E-state index in [1.165, 1.54) is 11.0 Å². The van der Waals surface area contributed by atoms with Crippen LogP contribution in [-0.4, -0.2) is 51.1 Å². The summed E-state index contributed by atoms with van der Waals surface area (Å²) in [6, 6.07) is 14.6. The van der Waals surface area contributed by atoms with Crippen molar-refractivity contribution in [2.24, 2.45) is 5.73 Å². The number of methoxy groups -OCH3 is 1. The molecule has 1 fully saturated rings. The number of fused-ring (bicyclic) bond motifs is 1. The van der Waals surface area contributed by atoms with Crippen molar-refractivity contribution in [2.75, 3.05) is 20.2 Å². The third-order valence-electron chi connectivity index (χ3n) is 6.44. The maximum absolute atomic E-state index is 14.6. The zero-order chi connectivity index (χ0) is 25.2. The van der Waals surface area contributed by atoms with Crippen molar-refractivity contribution in [1.29, 1.82) is 0 Å². The Bertz CT molecular complexity index is 1460. The monoisotopic (exact) mass is 487 g/mol. The van der Waals surface area contributed by atoms with Gasteiger partial charge < -0.3 is 20.5 Å². The fourth-order valence-corrected chi connectivity index (χ4v) is 4.52. The topological polar surface area (TPSA) is 106 Å². The highest BCUT2D eigenvalue weighted by atomic mass is 19.1. The summed E-state index contributed by atoms with van der Waals surface area (Å²) < 4.78 is 21.7. The van der Waals surface area contributed by atoms with Gasteiger partial charge in [-0.05, 0) is 59.0 Å². The Balaban J connectivity index is 1.63. The molecule has 0 atom stereocenters. The van der Waals surface area contributed by atoms with Gasteiger partial charge in [0, 0.05) is 31.4 Å². The van der Waals surface area contributed by atoms with Gasteiger partial charge in [0.15, 0.2) is 5.65 Å². The highest BCUT2D eigenvalue weighted by Gasteiger charge is 2.23. The van der Waals surface area contributed by atoms with Gasteiger partial charge in [-0.1, -0.05) is 24.3 Å². The lowest BCUT2D eigenvalue weighted by molar-refractivity contribution is 0.156. The molecule has 0 spiro atoms. The standard InChI is InChI=1S/C27H26FN5O3/c1-36-21-6-2-17(3-7-21)16-33-26-25(24(31-33)12-18-9-11-32(15-18)27(34)35)22(8-10-30-26)19-4-5-20(14-29)23(28)13-19/h2-8,10,12-13H,9,11,14-16,29H2,1H3,(H,34,35)/b18-12-. The summed E-state index contributed by atoms with van der Waals surface area (Å²) in [7, 11) is 1.62. The summed E-state index contributed by atoms with van der Waals surface area (Å²) in [6.07, 6.45) is 3.32. The Kier molecular flexibility index (Phi) is 6.39. The molecule has 36 heavy (non-hydrogen) atoms. The van der Waals surface area contributed by atoms with Gasteiger partial charge in [-0.3, -0.25) is 0 Å². The number of nitrogens with zero attached hydrogens (tertiary/aromatic N) is 4. The highest BCUT2D eigenvalue weighted by molar-refractivity contribution is 5.98. The van der Waals surface area contributed by atoms with Crippen LogP contribution in [-0.2, 0) is 13.1 Å². The zero-order valence-electron chi connectivity index (χ0n) is 19.8. The summed E-state index contributed by atoms with van der Waals surface area (Å²) in [4.78, 5) is 17.4. The van der Waals surface area contributed by atoms with Crippen LogP contribution in [0.3, 0.4) is 0 Å². The maximum atomic E-state index is 14.6. The van der Waals surface area contributed by atoms with E-state index in [0.29, 0.717) is 48.5 Å². The minimum Gasteiger partial charge on any atom is -0.497 e. The number of ether oxygens (including phenoxy) is 1. The Morgan fingerprint density at radius 3 is 2.69 bits per heavy atom. The lowest BCUT2D eigenvalue weighted by Gasteiger charge is -2.08. The van der Waals surface area contributed by atoms with Gasteiger partial charge in [0.05, 0.1) is 24.7 Å². The number of carbonyl (C=O) groups is 1. The fraction of sp³-hybridized carbons (Fsp3) is 0.222. The van der Waals surface area contributed by atoms with Crippen LogP contribution < -0.4 is 10.5 Å². The van der Waals surface area contributed by atoms with Crippen molar-refractivity contribution in [3.63, 3.8) is 0 Å². The molecule has 1 saturated heterocycles. The van der Waals surface area contributed by atoms with Crippen molar-refractivity contribution < 1.29 is 19.0 Å². The normalized spacial score (nSPS) is 14.6. The number of hydrogen-bond acceptors (Lipinski definition) is 5. The first-order valence-electron chi connectivity index (χ1n) is 11.6. The lowest BCUT2D eigenvalue weighted by Crippen LogP contribution is -2.25. The summed E-state index contributed by atoms with van der Waals surface area (Å²) in [5.41, 5.74) is 10.9. The summed E-state index contributed by atoms with van der Waals surface area (Å²) >= 11 is 0. The number of hydrogen-bond donors (Lipinski definition) is 2. The van der Waals surface area contributed by atoms with E-state index in [1.54, 1.807) is 19.4 Å². The molecular formula is C27H26FN5O3. The number of amides is 1. The Hall–Kier alpha value is -4.24. The van der Waals surface area contributed by atoms with Crippen molar-refractivity contribution in [3.8, 4) is 16.9 Å². The molecule has 2 aromatic heterocycles. The molecule has 3 heterocycles. The van der Waals surface area contributed by atoms with E-state index in [9.17, 15) is 14.3 Å². The van der Waals surface area contributed by atoms with Crippen molar-refractivity contribution in [3.05, 3.63) is 82.9 Å². The van der Waals surface area contributed by atoms with Crippen molar-refractivity contribution >= 4 is 23.2 Å². The third-order valence-corrected chi connectivity index (χ3v) is 6.44. The van der Waals surface area contributed by atoms with E-state index < -0.39 is 6.09 Å².